The number of amides is 1. The van der Waals surface area contributed by atoms with Crippen molar-refractivity contribution in [2.45, 2.75) is 18.9 Å². The van der Waals surface area contributed by atoms with Gasteiger partial charge in [0.05, 0.1) is 12.2 Å². The van der Waals surface area contributed by atoms with Crippen molar-refractivity contribution in [2.75, 3.05) is 19.6 Å². The molecule has 150 valence electrons. The normalized spacial score (nSPS) is 15.4. The van der Waals surface area contributed by atoms with Crippen molar-refractivity contribution < 1.29 is 4.79 Å². The van der Waals surface area contributed by atoms with Gasteiger partial charge in [0.25, 0.3) is 5.91 Å². The van der Waals surface area contributed by atoms with E-state index in [2.05, 4.69) is 27.3 Å². The molecule has 3 aromatic rings. The average molecular weight is 409 g/mol. The Morgan fingerprint density at radius 2 is 1.79 bits per heavy atom. The molecule has 0 aliphatic carbocycles. The summed E-state index contributed by atoms with van der Waals surface area (Å²) in [6, 6.07) is 18.0. The standard InChI is InChI=1S/C23H25ClN4O/c1-27-21(16-25-22(27)18-7-3-2-4-8-18)23(29)26-15-20(28-13-5-6-14-28)17-9-11-19(24)12-10-17/h2-4,7-12,16,20H,5-6,13-15H2,1H3,(H,26,29). The molecule has 0 saturated carbocycles. The molecule has 0 spiro atoms. The summed E-state index contributed by atoms with van der Waals surface area (Å²) < 4.78 is 1.85. The number of imidazole rings is 1. The highest BCUT2D eigenvalue weighted by Gasteiger charge is 2.25. The number of benzene rings is 2. The van der Waals surface area contributed by atoms with Gasteiger partial charge in [0, 0.05) is 24.2 Å². The van der Waals surface area contributed by atoms with Gasteiger partial charge in [-0.25, -0.2) is 4.98 Å². The zero-order valence-electron chi connectivity index (χ0n) is 16.5. The predicted molar refractivity (Wildman–Crippen MR) is 116 cm³/mol. The SMILES string of the molecule is Cn1c(C(=O)NCC(c2ccc(Cl)cc2)N2CCCC2)cnc1-c1ccccc1. The van der Waals surface area contributed by atoms with Gasteiger partial charge in [-0.2, -0.15) is 0 Å². The summed E-state index contributed by atoms with van der Waals surface area (Å²) in [5.41, 5.74) is 2.72. The number of hydrogen-bond donors (Lipinski definition) is 1. The molecule has 0 radical (unpaired) electrons. The number of rotatable bonds is 6. The maximum atomic E-state index is 12.9. The average Bonchev–Trinajstić information content (AvgIpc) is 3.40. The Morgan fingerprint density at radius 1 is 1.10 bits per heavy atom. The Labute approximate surface area is 176 Å². The van der Waals surface area contributed by atoms with Crippen LogP contribution in [0.2, 0.25) is 5.02 Å². The van der Waals surface area contributed by atoms with Crippen molar-refractivity contribution in [1.82, 2.24) is 19.8 Å². The topological polar surface area (TPSA) is 50.2 Å². The summed E-state index contributed by atoms with van der Waals surface area (Å²) in [5.74, 6) is 0.671. The Balaban J connectivity index is 1.50. The van der Waals surface area contributed by atoms with Crippen LogP contribution in [0.15, 0.2) is 60.8 Å². The monoisotopic (exact) mass is 408 g/mol. The van der Waals surface area contributed by atoms with E-state index >= 15 is 0 Å². The molecular formula is C23H25ClN4O. The highest BCUT2D eigenvalue weighted by atomic mass is 35.5. The van der Waals surface area contributed by atoms with Crippen LogP contribution in [0, 0.1) is 0 Å². The molecule has 1 unspecified atom stereocenters. The molecule has 1 saturated heterocycles. The highest BCUT2D eigenvalue weighted by Crippen LogP contribution is 2.26. The lowest BCUT2D eigenvalue weighted by molar-refractivity contribution is 0.0930. The second-order valence-corrected chi connectivity index (χ2v) is 7.85. The summed E-state index contributed by atoms with van der Waals surface area (Å²) in [6.45, 7) is 2.65. The van der Waals surface area contributed by atoms with Gasteiger partial charge in [0.15, 0.2) is 0 Å². The molecule has 6 heteroatoms. The molecule has 0 bridgehead atoms. The van der Waals surface area contributed by atoms with Crippen molar-refractivity contribution in [3.63, 3.8) is 0 Å². The second kappa shape index (κ2) is 8.80. The van der Waals surface area contributed by atoms with E-state index in [4.69, 9.17) is 11.6 Å². The lowest BCUT2D eigenvalue weighted by Crippen LogP contribution is -2.37. The van der Waals surface area contributed by atoms with Crippen molar-refractivity contribution in [2.24, 2.45) is 7.05 Å². The van der Waals surface area contributed by atoms with Crippen LogP contribution >= 0.6 is 11.6 Å². The fourth-order valence-electron chi connectivity index (χ4n) is 3.95. The van der Waals surface area contributed by atoms with Crippen molar-refractivity contribution >= 4 is 17.5 Å². The minimum atomic E-state index is -0.111. The van der Waals surface area contributed by atoms with Gasteiger partial charge in [-0.05, 0) is 43.6 Å². The van der Waals surface area contributed by atoms with Crippen molar-refractivity contribution in [3.05, 3.63) is 77.1 Å². The molecule has 29 heavy (non-hydrogen) atoms. The lowest BCUT2D eigenvalue weighted by Gasteiger charge is -2.28. The van der Waals surface area contributed by atoms with Crippen LogP contribution in [0.1, 0.15) is 34.9 Å². The summed E-state index contributed by atoms with van der Waals surface area (Å²) >= 11 is 6.06. The zero-order chi connectivity index (χ0) is 20.2. The van der Waals surface area contributed by atoms with E-state index in [1.54, 1.807) is 6.20 Å². The number of aromatic nitrogens is 2. The maximum absolute atomic E-state index is 12.9. The zero-order valence-corrected chi connectivity index (χ0v) is 17.3. The number of carbonyl (C=O) groups is 1. The van der Waals surface area contributed by atoms with Crippen molar-refractivity contribution in [3.8, 4) is 11.4 Å². The summed E-state index contributed by atoms with van der Waals surface area (Å²) in [5, 5.41) is 3.84. The molecule has 5 nitrogen and oxygen atoms in total. The molecule has 1 aromatic heterocycles. The summed E-state index contributed by atoms with van der Waals surface area (Å²) in [6.07, 6.45) is 4.03. The van der Waals surface area contributed by atoms with Crippen LogP contribution in [0.3, 0.4) is 0 Å². The van der Waals surface area contributed by atoms with Gasteiger partial charge in [-0.1, -0.05) is 54.1 Å². The fourth-order valence-corrected chi connectivity index (χ4v) is 4.08. The Bertz CT molecular complexity index is 962. The molecule has 1 aliphatic rings. The number of halogens is 1. The molecule has 2 heterocycles. The number of nitrogens with one attached hydrogen (secondary N) is 1. The largest absolute Gasteiger partial charge is 0.349 e. The summed E-state index contributed by atoms with van der Waals surface area (Å²) in [4.78, 5) is 19.8. The van der Waals surface area contributed by atoms with Gasteiger partial charge in [-0.3, -0.25) is 9.69 Å². The van der Waals surface area contributed by atoms with Gasteiger partial charge in [0.1, 0.15) is 11.5 Å². The van der Waals surface area contributed by atoms with E-state index in [0.29, 0.717) is 12.2 Å². The number of likely N-dealkylation sites (tertiary alicyclic amines) is 1. The molecule has 2 aromatic carbocycles. The minimum Gasteiger partial charge on any atom is -0.349 e. The molecule has 1 atom stereocenters. The first-order valence-electron chi connectivity index (χ1n) is 9.98. The van der Waals surface area contributed by atoms with Crippen LogP contribution in [-0.2, 0) is 7.05 Å². The molecule has 1 N–H and O–H groups in total. The van der Waals surface area contributed by atoms with E-state index in [1.807, 2.05) is 54.1 Å². The first kappa shape index (κ1) is 19.7. The molecule has 1 amide bonds. The van der Waals surface area contributed by atoms with E-state index < -0.39 is 0 Å². The quantitative estimate of drug-likeness (QED) is 0.661. The number of hydrogen-bond acceptors (Lipinski definition) is 3. The minimum absolute atomic E-state index is 0.111. The maximum Gasteiger partial charge on any atom is 0.269 e. The third-order valence-electron chi connectivity index (χ3n) is 5.54. The molecular weight excluding hydrogens is 384 g/mol. The fraction of sp³-hybridized carbons (Fsp3) is 0.304. The predicted octanol–water partition coefficient (Wildman–Crippen LogP) is 4.31. The van der Waals surface area contributed by atoms with Crippen LogP contribution in [0.4, 0.5) is 0 Å². The number of carbonyl (C=O) groups excluding carboxylic acids is 1. The molecule has 1 aliphatic heterocycles. The van der Waals surface area contributed by atoms with Crippen LogP contribution in [-0.4, -0.2) is 40.0 Å². The van der Waals surface area contributed by atoms with Crippen LogP contribution in [0.5, 0.6) is 0 Å². The third kappa shape index (κ3) is 4.36. The van der Waals surface area contributed by atoms with E-state index in [0.717, 1.165) is 29.5 Å². The number of nitrogens with zero attached hydrogens (tertiary/aromatic N) is 3. The van der Waals surface area contributed by atoms with Gasteiger partial charge in [0.2, 0.25) is 0 Å². The van der Waals surface area contributed by atoms with Crippen LogP contribution < -0.4 is 5.32 Å². The first-order chi connectivity index (χ1) is 14.1. The van der Waals surface area contributed by atoms with Crippen molar-refractivity contribution in [1.29, 1.82) is 0 Å². The molecule has 1 fully saturated rings. The van der Waals surface area contributed by atoms with Gasteiger partial charge >= 0.3 is 0 Å². The Kier molecular flexibility index (Phi) is 5.97. The van der Waals surface area contributed by atoms with Crippen LogP contribution in [0.25, 0.3) is 11.4 Å². The van der Waals surface area contributed by atoms with E-state index in [9.17, 15) is 4.79 Å². The van der Waals surface area contributed by atoms with Gasteiger partial charge < -0.3 is 9.88 Å². The third-order valence-corrected chi connectivity index (χ3v) is 5.80. The second-order valence-electron chi connectivity index (χ2n) is 7.41. The Morgan fingerprint density at radius 3 is 2.48 bits per heavy atom. The van der Waals surface area contributed by atoms with E-state index in [-0.39, 0.29) is 11.9 Å². The van der Waals surface area contributed by atoms with Gasteiger partial charge in [-0.15, -0.1) is 0 Å². The summed E-state index contributed by atoms with van der Waals surface area (Å²) in [7, 11) is 1.88. The first-order valence-corrected chi connectivity index (χ1v) is 10.4. The smallest absolute Gasteiger partial charge is 0.269 e. The lowest BCUT2D eigenvalue weighted by atomic mass is 10.1. The highest BCUT2D eigenvalue weighted by molar-refractivity contribution is 6.30. The van der Waals surface area contributed by atoms with E-state index in [1.165, 1.54) is 18.4 Å². The Hall–Kier alpha value is -2.63. The molecule has 4 rings (SSSR count).